The number of rotatable bonds is 6. The van der Waals surface area contributed by atoms with Crippen LogP contribution in [0.3, 0.4) is 0 Å². The molecule has 0 radical (unpaired) electrons. The Kier molecular flexibility index (Phi) is 10.6. The van der Waals surface area contributed by atoms with Gasteiger partial charge in [0.05, 0.1) is 12.3 Å². The third-order valence-electron chi connectivity index (χ3n) is 4.09. The highest BCUT2D eigenvalue weighted by Crippen LogP contribution is 2.28. The molecule has 0 spiro atoms. The Morgan fingerprint density at radius 2 is 1.86 bits per heavy atom. The molecule has 1 aliphatic carbocycles. The summed E-state index contributed by atoms with van der Waals surface area (Å²) in [6.07, 6.45) is 6.46. The normalized spacial score (nSPS) is 22.8. The van der Waals surface area contributed by atoms with Crippen molar-refractivity contribution in [3.63, 3.8) is 0 Å². The maximum Gasteiger partial charge on any atom is 0.193 e. The van der Waals surface area contributed by atoms with Gasteiger partial charge in [0.2, 0.25) is 0 Å². The molecular weight excluding hydrogens is 413 g/mol. The van der Waals surface area contributed by atoms with Crippen LogP contribution in [0.25, 0.3) is 0 Å². The van der Waals surface area contributed by atoms with Crippen molar-refractivity contribution in [1.82, 2.24) is 10.2 Å². The van der Waals surface area contributed by atoms with Crippen LogP contribution < -0.4 is 5.32 Å². The lowest BCUT2D eigenvalue weighted by Crippen LogP contribution is -2.42. The smallest absolute Gasteiger partial charge is 0.193 e. The second-order valence-corrected chi connectivity index (χ2v) is 8.63. The third-order valence-corrected chi connectivity index (χ3v) is 5.01. The standard InChI is InChI=1S/C15H31N3O2S.HI/c1-5-16-15(17-10-11-21(4,19)20)18(3)12-14-8-6-13(2)7-9-14;/h13-14H,5-12H2,1-4H3,(H,16,17);1H. The summed E-state index contributed by atoms with van der Waals surface area (Å²) in [5.41, 5.74) is 0. The molecule has 0 aliphatic heterocycles. The van der Waals surface area contributed by atoms with E-state index < -0.39 is 9.84 Å². The molecule has 0 bridgehead atoms. The van der Waals surface area contributed by atoms with Gasteiger partial charge in [0.1, 0.15) is 9.84 Å². The van der Waals surface area contributed by atoms with Crippen LogP contribution in [-0.2, 0) is 9.84 Å². The Hall–Kier alpha value is -0.0500. The SMILES string of the molecule is CCNC(=NCCS(C)(=O)=O)N(C)CC1CCC(C)CC1.I. The van der Waals surface area contributed by atoms with Crippen molar-refractivity contribution in [3.05, 3.63) is 0 Å². The van der Waals surface area contributed by atoms with Gasteiger partial charge in [-0.05, 0) is 31.6 Å². The lowest BCUT2D eigenvalue weighted by molar-refractivity contribution is 0.250. The van der Waals surface area contributed by atoms with E-state index in [0.29, 0.717) is 6.54 Å². The van der Waals surface area contributed by atoms with Gasteiger partial charge in [-0.25, -0.2) is 8.42 Å². The molecule has 1 fully saturated rings. The molecule has 132 valence electrons. The van der Waals surface area contributed by atoms with E-state index in [9.17, 15) is 8.42 Å². The highest BCUT2D eigenvalue weighted by Gasteiger charge is 2.20. The largest absolute Gasteiger partial charge is 0.357 e. The molecule has 0 heterocycles. The fraction of sp³-hybridized carbons (Fsp3) is 0.933. The Morgan fingerprint density at radius 3 is 2.36 bits per heavy atom. The summed E-state index contributed by atoms with van der Waals surface area (Å²) in [5.74, 6) is 2.52. The molecule has 0 saturated heterocycles. The lowest BCUT2D eigenvalue weighted by Gasteiger charge is -2.31. The first-order valence-corrected chi connectivity index (χ1v) is 10.0. The summed E-state index contributed by atoms with van der Waals surface area (Å²) >= 11 is 0. The van der Waals surface area contributed by atoms with Crippen LogP contribution in [-0.4, -0.2) is 58.0 Å². The molecule has 22 heavy (non-hydrogen) atoms. The Morgan fingerprint density at radius 1 is 1.27 bits per heavy atom. The monoisotopic (exact) mass is 445 g/mol. The average molecular weight is 445 g/mol. The van der Waals surface area contributed by atoms with E-state index in [1.807, 2.05) is 14.0 Å². The molecular formula is C15H32IN3O2S. The van der Waals surface area contributed by atoms with Gasteiger partial charge in [-0.3, -0.25) is 4.99 Å². The van der Waals surface area contributed by atoms with Crippen molar-refractivity contribution in [2.45, 2.75) is 39.5 Å². The maximum absolute atomic E-state index is 11.2. The number of aliphatic imine (C=N–C) groups is 1. The molecule has 0 aromatic carbocycles. The Labute approximate surface area is 153 Å². The van der Waals surface area contributed by atoms with Crippen molar-refractivity contribution in [1.29, 1.82) is 0 Å². The maximum atomic E-state index is 11.2. The van der Waals surface area contributed by atoms with Crippen molar-refractivity contribution in [2.75, 3.05) is 38.7 Å². The third kappa shape index (κ3) is 9.17. The van der Waals surface area contributed by atoms with Gasteiger partial charge in [-0.15, -0.1) is 24.0 Å². The summed E-state index contributed by atoms with van der Waals surface area (Å²) in [6.45, 7) is 6.48. The first-order chi connectivity index (χ1) is 9.81. The van der Waals surface area contributed by atoms with Crippen LogP contribution in [0, 0.1) is 11.8 Å². The van der Waals surface area contributed by atoms with E-state index in [1.165, 1.54) is 31.9 Å². The molecule has 1 rings (SSSR count). The summed E-state index contributed by atoms with van der Waals surface area (Å²) < 4.78 is 22.4. The van der Waals surface area contributed by atoms with E-state index in [2.05, 4.69) is 22.1 Å². The first kappa shape index (κ1) is 21.9. The summed E-state index contributed by atoms with van der Waals surface area (Å²) in [4.78, 5) is 6.58. The Balaban J connectivity index is 0.00000441. The zero-order chi connectivity index (χ0) is 15.9. The minimum absolute atomic E-state index is 0. The van der Waals surface area contributed by atoms with E-state index in [0.717, 1.165) is 30.9 Å². The predicted molar refractivity (Wildman–Crippen MR) is 105 cm³/mol. The quantitative estimate of drug-likeness (QED) is 0.388. The minimum atomic E-state index is -2.95. The number of hydrogen-bond acceptors (Lipinski definition) is 3. The molecule has 7 heteroatoms. The summed E-state index contributed by atoms with van der Waals surface area (Å²) in [5, 5.41) is 3.25. The van der Waals surface area contributed by atoms with Crippen molar-refractivity contribution in [3.8, 4) is 0 Å². The van der Waals surface area contributed by atoms with E-state index >= 15 is 0 Å². The van der Waals surface area contributed by atoms with Crippen molar-refractivity contribution in [2.24, 2.45) is 16.8 Å². The fourth-order valence-corrected chi connectivity index (χ4v) is 3.20. The van der Waals surface area contributed by atoms with Gasteiger partial charge in [0, 0.05) is 26.4 Å². The molecule has 1 saturated carbocycles. The number of guanidine groups is 1. The van der Waals surface area contributed by atoms with Crippen molar-refractivity contribution < 1.29 is 8.42 Å². The van der Waals surface area contributed by atoms with Crippen LogP contribution in [0.1, 0.15) is 39.5 Å². The Bertz CT molecular complexity index is 432. The van der Waals surface area contributed by atoms with Gasteiger partial charge in [0.15, 0.2) is 5.96 Å². The lowest BCUT2D eigenvalue weighted by atomic mass is 9.83. The van der Waals surface area contributed by atoms with E-state index in [-0.39, 0.29) is 29.7 Å². The molecule has 0 amide bonds. The second kappa shape index (κ2) is 10.7. The van der Waals surface area contributed by atoms with E-state index in [4.69, 9.17) is 0 Å². The summed E-state index contributed by atoms with van der Waals surface area (Å²) in [7, 11) is -0.906. The number of halogens is 1. The van der Waals surface area contributed by atoms with Crippen LogP contribution in [0.15, 0.2) is 4.99 Å². The highest BCUT2D eigenvalue weighted by atomic mass is 127. The molecule has 1 aliphatic rings. The topological polar surface area (TPSA) is 61.8 Å². The van der Waals surface area contributed by atoms with Gasteiger partial charge in [-0.2, -0.15) is 0 Å². The summed E-state index contributed by atoms with van der Waals surface area (Å²) in [6, 6.07) is 0. The number of sulfone groups is 1. The number of nitrogens with one attached hydrogen (secondary N) is 1. The first-order valence-electron chi connectivity index (χ1n) is 7.99. The van der Waals surface area contributed by atoms with Crippen LogP contribution >= 0.6 is 24.0 Å². The molecule has 0 unspecified atom stereocenters. The molecule has 1 N–H and O–H groups in total. The van der Waals surface area contributed by atoms with E-state index in [1.54, 1.807) is 0 Å². The molecule has 0 aromatic rings. The van der Waals surface area contributed by atoms with Gasteiger partial charge in [-0.1, -0.05) is 19.8 Å². The molecule has 5 nitrogen and oxygen atoms in total. The highest BCUT2D eigenvalue weighted by molar-refractivity contribution is 14.0. The number of hydrogen-bond donors (Lipinski definition) is 1. The predicted octanol–water partition coefficient (Wildman–Crippen LogP) is 2.37. The number of nitrogens with zero attached hydrogens (tertiary/aromatic N) is 2. The second-order valence-electron chi connectivity index (χ2n) is 6.37. The molecule has 0 atom stereocenters. The fourth-order valence-electron chi connectivity index (χ4n) is 2.77. The van der Waals surface area contributed by atoms with Crippen LogP contribution in [0.2, 0.25) is 0 Å². The van der Waals surface area contributed by atoms with Crippen LogP contribution in [0.4, 0.5) is 0 Å². The zero-order valence-corrected chi connectivity index (χ0v) is 17.5. The zero-order valence-electron chi connectivity index (χ0n) is 14.3. The average Bonchev–Trinajstić information content (AvgIpc) is 2.39. The minimum Gasteiger partial charge on any atom is -0.357 e. The van der Waals surface area contributed by atoms with Gasteiger partial charge < -0.3 is 10.2 Å². The molecule has 0 aromatic heterocycles. The van der Waals surface area contributed by atoms with Gasteiger partial charge >= 0.3 is 0 Å². The van der Waals surface area contributed by atoms with Crippen molar-refractivity contribution >= 4 is 39.8 Å². The van der Waals surface area contributed by atoms with Crippen LogP contribution in [0.5, 0.6) is 0 Å². The van der Waals surface area contributed by atoms with Gasteiger partial charge in [0.25, 0.3) is 0 Å².